The highest BCUT2D eigenvalue weighted by Crippen LogP contribution is 2.56. The van der Waals surface area contributed by atoms with Gasteiger partial charge in [0.15, 0.2) is 0 Å². The van der Waals surface area contributed by atoms with Crippen LogP contribution in [0.1, 0.15) is 80.0 Å². The lowest BCUT2D eigenvalue weighted by molar-refractivity contribution is 0.652. The largest absolute Gasteiger partial charge is 0.0651 e. The molecular formula is C41H40. The van der Waals surface area contributed by atoms with Crippen LogP contribution in [0.5, 0.6) is 0 Å². The molecule has 0 amide bonds. The fourth-order valence-electron chi connectivity index (χ4n) is 7.75. The molecule has 0 spiro atoms. The molecule has 2 aliphatic rings. The summed E-state index contributed by atoms with van der Waals surface area (Å²) in [6, 6.07) is 35.0. The average Bonchev–Trinajstić information content (AvgIpc) is 3.31. The van der Waals surface area contributed by atoms with E-state index in [2.05, 4.69) is 139 Å². The van der Waals surface area contributed by atoms with Gasteiger partial charge in [-0.1, -0.05) is 119 Å². The molecule has 0 N–H and O–H groups in total. The van der Waals surface area contributed by atoms with Crippen molar-refractivity contribution in [2.24, 2.45) is 0 Å². The van der Waals surface area contributed by atoms with E-state index in [4.69, 9.17) is 0 Å². The van der Waals surface area contributed by atoms with Crippen LogP contribution < -0.4 is 0 Å². The van der Waals surface area contributed by atoms with Gasteiger partial charge in [0.25, 0.3) is 0 Å². The Bertz CT molecular complexity index is 1860. The van der Waals surface area contributed by atoms with E-state index >= 15 is 0 Å². The molecule has 0 radical (unpaired) electrons. The smallest absolute Gasteiger partial charge is 0.0159 e. The zero-order valence-electron chi connectivity index (χ0n) is 25.6. The van der Waals surface area contributed by atoms with Crippen molar-refractivity contribution in [2.45, 2.75) is 72.1 Å². The molecule has 0 saturated carbocycles. The zero-order valence-corrected chi connectivity index (χ0v) is 25.6. The zero-order chi connectivity index (χ0) is 28.7. The first-order valence-corrected chi connectivity index (χ1v) is 15.3. The Balaban J connectivity index is 1.39. The van der Waals surface area contributed by atoms with Gasteiger partial charge in [0, 0.05) is 10.8 Å². The van der Waals surface area contributed by atoms with Crippen molar-refractivity contribution < 1.29 is 0 Å². The maximum absolute atomic E-state index is 2.52. The Morgan fingerprint density at radius 2 is 1.05 bits per heavy atom. The van der Waals surface area contributed by atoms with Crippen molar-refractivity contribution in [1.82, 2.24) is 0 Å². The second-order valence-corrected chi connectivity index (χ2v) is 13.4. The summed E-state index contributed by atoms with van der Waals surface area (Å²) in [5, 5.41) is 0. The molecule has 0 nitrogen and oxygen atoms in total. The summed E-state index contributed by atoms with van der Waals surface area (Å²) in [5.41, 5.74) is 20.9. The molecule has 0 unspecified atom stereocenters. The van der Waals surface area contributed by atoms with Gasteiger partial charge in [0.05, 0.1) is 0 Å². The topological polar surface area (TPSA) is 0 Å². The van der Waals surface area contributed by atoms with Gasteiger partial charge in [0.2, 0.25) is 0 Å². The minimum atomic E-state index is -0.0636. The van der Waals surface area contributed by atoms with E-state index in [-0.39, 0.29) is 10.8 Å². The summed E-state index contributed by atoms with van der Waals surface area (Å²) in [5.74, 6) is 0. The molecule has 41 heavy (non-hydrogen) atoms. The predicted molar refractivity (Wildman–Crippen MR) is 176 cm³/mol. The lowest BCUT2D eigenvalue weighted by atomic mass is 9.79. The van der Waals surface area contributed by atoms with Crippen molar-refractivity contribution in [3.05, 3.63) is 130 Å². The van der Waals surface area contributed by atoms with Crippen LogP contribution in [0.4, 0.5) is 0 Å². The molecule has 204 valence electrons. The number of rotatable bonds is 4. The van der Waals surface area contributed by atoms with Crippen LogP contribution in [0.3, 0.4) is 0 Å². The van der Waals surface area contributed by atoms with Gasteiger partial charge >= 0.3 is 0 Å². The monoisotopic (exact) mass is 532 g/mol. The lowest BCUT2D eigenvalue weighted by Gasteiger charge is -2.24. The van der Waals surface area contributed by atoms with Gasteiger partial charge in [0.1, 0.15) is 0 Å². The van der Waals surface area contributed by atoms with Crippen molar-refractivity contribution in [1.29, 1.82) is 0 Å². The molecule has 0 fully saturated rings. The highest BCUT2D eigenvalue weighted by atomic mass is 14.4. The van der Waals surface area contributed by atoms with Crippen molar-refractivity contribution in [2.75, 3.05) is 0 Å². The molecular weight excluding hydrogens is 492 g/mol. The normalized spacial score (nSPS) is 15.3. The summed E-state index contributed by atoms with van der Waals surface area (Å²) in [6.45, 7) is 16.3. The third kappa shape index (κ3) is 3.73. The third-order valence-corrected chi connectivity index (χ3v) is 10.0. The number of benzene rings is 5. The Labute approximate surface area is 246 Å². The first-order chi connectivity index (χ1) is 19.6. The molecule has 7 rings (SSSR count). The molecule has 5 aromatic rings. The highest BCUT2D eigenvalue weighted by molar-refractivity contribution is 5.91. The van der Waals surface area contributed by atoms with E-state index < -0.39 is 0 Å². The first-order valence-electron chi connectivity index (χ1n) is 15.3. The second kappa shape index (κ2) is 9.05. The Morgan fingerprint density at radius 3 is 1.71 bits per heavy atom. The van der Waals surface area contributed by atoms with E-state index in [1.807, 2.05) is 0 Å². The van der Waals surface area contributed by atoms with Gasteiger partial charge in [-0.05, 0) is 116 Å². The molecule has 0 aliphatic heterocycles. The third-order valence-electron chi connectivity index (χ3n) is 10.0. The second-order valence-electron chi connectivity index (χ2n) is 13.4. The van der Waals surface area contributed by atoms with Crippen molar-refractivity contribution in [3.8, 4) is 44.5 Å². The van der Waals surface area contributed by atoms with Gasteiger partial charge in [-0.2, -0.15) is 0 Å². The van der Waals surface area contributed by atoms with E-state index in [0.29, 0.717) is 0 Å². The van der Waals surface area contributed by atoms with Gasteiger partial charge < -0.3 is 0 Å². The van der Waals surface area contributed by atoms with Gasteiger partial charge in [-0.3, -0.25) is 0 Å². The highest BCUT2D eigenvalue weighted by Gasteiger charge is 2.41. The Kier molecular flexibility index (Phi) is 5.75. The van der Waals surface area contributed by atoms with E-state index in [0.717, 1.165) is 12.8 Å². The molecule has 0 aromatic heterocycles. The summed E-state index contributed by atoms with van der Waals surface area (Å²) in [6.07, 6.45) is 2.20. The minimum absolute atomic E-state index is 0.00359. The van der Waals surface area contributed by atoms with Crippen LogP contribution in [0.15, 0.2) is 91.0 Å². The Morgan fingerprint density at radius 1 is 0.488 bits per heavy atom. The molecule has 0 heteroatoms. The standard InChI is InChI=1S/C41H40/c1-8-12-30-29(15-11-16-31(30)28-14-10-9-13-26(28)3)27-18-20-33-35-24-38-34(23-39(35)41(6,7)37(33)22-27)32-19-17-25(2)21-36(32)40(38,4)5/h9-11,13-24H,8,12H2,1-7H3. The molecule has 0 heterocycles. The van der Waals surface area contributed by atoms with Gasteiger partial charge in [-0.15, -0.1) is 0 Å². The van der Waals surface area contributed by atoms with Crippen LogP contribution in [0, 0.1) is 13.8 Å². The van der Waals surface area contributed by atoms with Crippen LogP contribution in [-0.4, -0.2) is 0 Å². The van der Waals surface area contributed by atoms with Crippen LogP contribution in [0.2, 0.25) is 0 Å². The Hall–Kier alpha value is -3.90. The summed E-state index contributed by atoms with van der Waals surface area (Å²) >= 11 is 0. The average molecular weight is 533 g/mol. The van der Waals surface area contributed by atoms with Crippen molar-refractivity contribution >= 4 is 0 Å². The number of fused-ring (bicyclic) bond motifs is 6. The maximum atomic E-state index is 2.52. The van der Waals surface area contributed by atoms with Crippen LogP contribution >= 0.6 is 0 Å². The van der Waals surface area contributed by atoms with Gasteiger partial charge in [-0.25, -0.2) is 0 Å². The molecule has 2 aliphatic carbocycles. The van der Waals surface area contributed by atoms with E-state index in [1.165, 1.54) is 83.5 Å². The maximum Gasteiger partial charge on any atom is 0.0159 e. The summed E-state index contributed by atoms with van der Waals surface area (Å²) in [7, 11) is 0. The quantitative estimate of drug-likeness (QED) is 0.216. The molecule has 0 bridgehead atoms. The predicted octanol–water partition coefficient (Wildman–Crippen LogP) is 11.2. The van der Waals surface area contributed by atoms with E-state index in [9.17, 15) is 0 Å². The first kappa shape index (κ1) is 26.0. The fraction of sp³-hybridized carbons (Fsp3) is 0.268. The molecule has 0 atom stereocenters. The summed E-state index contributed by atoms with van der Waals surface area (Å²) < 4.78 is 0. The number of hydrogen-bond donors (Lipinski definition) is 0. The lowest BCUT2D eigenvalue weighted by Crippen LogP contribution is -2.17. The van der Waals surface area contributed by atoms with E-state index in [1.54, 1.807) is 0 Å². The molecule has 0 saturated heterocycles. The van der Waals surface area contributed by atoms with Crippen LogP contribution in [0.25, 0.3) is 44.5 Å². The number of aryl methyl sites for hydroxylation is 2. The minimum Gasteiger partial charge on any atom is -0.0651 e. The SMILES string of the molecule is CCCc1c(-c2ccc3c(c2)C(C)(C)c2cc4c(cc2-3)C(C)(C)c2cc(C)ccc2-4)cccc1-c1ccccc1C. The molecule has 5 aromatic carbocycles. The number of hydrogen-bond acceptors (Lipinski definition) is 0. The van der Waals surface area contributed by atoms with Crippen molar-refractivity contribution in [3.63, 3.8) is 0 Å². The fourth-order valence-corrected chi connectivity index (χ4v) is 7.75. The summed E-state index contributed by atoms with van der Waals surface area (Å²) in [4.78, 5) is 0. The van der Waals surface area contributed by atoms with Crippen LogP contribution in [-0.2, 0) is 17.3 Å².